The molecule has 1 aliphatic rings. The standard InChI is InChI=1S/C22H21ClF3NO3/c1-20(2,17-9-15(23)7-14-4-6-29-19(14)17)12-21(28,22(24,25)26)10-16-8-13-3-5-27-11-18(13)30-16/h3,5,7-9,11,28H,4,6,10,12H2,1-2H3. The van der Waals surface area contributed by atoms with Gasteiger partial charge in [-0.05, 0) is 41.7 Å². The zero-order valence-electron chi connectivity index (χ0n) is 16.5. The first-order valence-electron chi connectivity index (χ1n) is 9.56. The molecule has 1 aliphatic heterocycles. The van der Waals surface area contributed by atoms with Crippen molar-refractivity contribution in [3.05, 3.63) is 58.6 Å². The average Bonchev–Trinajstić information content (AvgIpc) is 3.24. The van der Waals surface area contributed by atoms with Crippen molar-refractivity contribution in [2.45, 2.75) is 50.3 Å². The van der Waals surface area contributed by atoms with Crippen LogP contribution in [0, 0.1) is 0 Å². The van der Waals surface area contributed by atoms with Crippen LogP contribution in [0.3, 0.4) is 0 Å². The molecule has 2 aromatic heterocycles. The predicted octanol–water partition coefficient (Wildman–Crippen LogP) is 5.62. The first kappa shape index (κ1) is 21.0. The lowest BCUT2D eigenvalue weighted by Gasteiger charge is -2.38. The fraction of sp³-hybridized carbons (Fsp3) is 0.409. The van der Waals surface area contributed by atoms with E-state index in [0.29, 0.717) is 40.3 Å². The molecule has 0 spiro atoms. The fourth-order valence-corrected chi connectivity index (χ4v) is 4.42. The van der Waals surface area contributed by atoms with Gasteiger partial charge in [-0.2, -0.15) is 13.2 Å². The van der Waals surface area contributed by atoms with Gasteiger partial charge in [-0.1, -0.05) is 25.4 Å². The number of fused-ring (bicyclic) bond motifs is 2. The zero-order chi connectivity index (χ0) is 21.7. The molecule has 0 aliphatic carbocycles. The minimum absolute atomic E-state index is 0.0428. The van der Waals surface area contributed by atoms with Gasteiger partial charge in [-0.3, -0.25) is 4.98 Å². The van der Waals surface area contributed by atoms with E-state index in [2.05, 4.69) is 4.98 Å². The molecule has 0 radical (unpaired) electrons. The number of alkyl halides is 3. The highest BCUT2D eigenvalue weighted by Gasteiger charge is 2.56. The highest BCUT2D eigenvalue weighted by atomic mass is 35.5. The maximum Gasteiger partial charge on any atom is 0.417 e. The van der Waals surface area contributed by atoms with Crippen LogP contribution in [0.5, 0.6) is 5.75 Å². The summed E-state index contributed by atoms with van der Waals surface area (Å²) in [5.74, 6) is 0.602. The van der Waals surface area contributed by atoms with Gasteiger partial charge in [0.15, 0.2) is 11.2 Å². The second-order valence-electron chi connectivity index (χ2n) is 8.43. The molecule has 0 saturated carbocycles. The van der Waals surface area contributed by atoms with E-state index in [1.807, 2.05) is 0 Å². The van der Waals surface area contributed by atoms with Crippen molar-refractivity contribution in [1.29, 1.82) is 0 Å². The molecule has 0 fully saturated rings. The molecular weight excluding hydrogens is 419 g/mol. The number of nitrogens with zero attached hydrogens (tertiary/aromatic N) is 1. The number of hydrogen-bond acceptors (Lipinski definition) is 4. The zero-order valence-corrected chi connectivity index (χ0v) is 17.3. The molecule has 8 heteroatoms. The smallest absolute Gasteiger partial charge is 0.417 e. The number of hydrogen-bond donors (Lipinski definition) is 1. The number of ether oxygens (including phenoxy) is 1. The van der Waals surface area contributed by atoms with E-state index >= 15 is 0 Å². The van der Waals surface area contributed by atoms with Gasteiger partial charge in [0.2, 0.25) is 0 Å². The SMILES string of the molecule is CC(C)(CC(O)(Cc1cc2ccncc2o1)C(F)(F)F)c1cc(Cl)cc2c1OCC2. The van der Waals surface area contributed by atoms with Gasteiger partial charge >= 0.3 is 6.18 Å². The summed E-state index contributed by atoms with van der Waals surface area (Å²) in [6.45, 7) is 3.76. The number of pyridine rings is 1. The number of aromatic nitrogens is 1. The summed E-state index contributed by atoms with van der Waals surface area (Å²) in [6, 6.07) is 6.53. The van der Waals surface area contributed by atoms with Gasteiger partial charge in [-0.25, -0.2) is 0 Å². The molecule has 1 unspecified atom stereocenters. The molecule has 3 heterocycles. The molecule has 160 valence electrons. The summed E-state index contributed by atoms with van der Waals surface area (Å²) in [5, 5.41) is 11.9. The van der Waals surface area contributed by atoms with Gasteiger partial charge in [0.1, 0.15) is 11.5 Å². The van der Waals surface area contributed by atoms with Gasteiger partial charge < -0.3 is 14.3 Å². The van der Waals surface area contributed by atoms with E-state index in [9.17, 15) is 18.3 Å². The summed E-state index contributed by atoms with van der Waals surface area (Å²) in [6.07, 6.45) is -2.56. The third-order valence-corrected chi connectivity index (χ3v) is 5.80. The summed E-state index contributed by atoms with van der Waals surface area (Å²) in [4.78, 5) is 3.91. The molecule has 4 rings (SSSR count). The quantitative estimate of drug-likeness (QED) is 0.560. The Morgan fingerprint density at radius 3 is 2.67 bits per heavy atom. The molecule has 30 heavy (non-hydrogen) atoms. The largest absolute Gasteiger partial charge is 0.493 e. The average molecular weight is 440 g/mol. The van der Waals surface area contributed by atoms with Crippen LogP contribution >= 0.6 is 11.6 Å². The van der Waals surface area contributed by atoms with Crippen molar-refractivity contribution in [3.63, 3.8) is 0 Å². The molecule has 4 nitrogen and oxygen atoms in total. The van der Waals surface area contributed by atoms with Crippen molar-refractivity contribution < 1.29 is 27.4 Å². The number of aliphatic hydroxyl groups is 1. The maximum absolute atomic E-state index is 14.1. The first-order chi connectivity index (χ1) is 14.0. The molecule has 0 saturated heterocycles. The highest BCUT2D eigenvalue weighted by molar-refractivity contribution is 6.30. The Labute approximate surface area is 176 Å². The summed E-state index contributed by atoms with van der Waals surface area (Å²) in [5.41, 5.74) is -2.29. The van der Waals surface area contributed by atoms with Crippen LogP contribution in [0.2, 0.25) is 5.02 Å². The van der Waals surface area contributed by atoms with Crippen LogP contribution in [-0.4, -0.2) is 28.5 Å². The predicted molar refractivity (Wildman–Crippen MR) is 107 cm³/mol. The lowest BCUT2D eigenvalue weighted by Crippen LogP contribution is -2.50. The molecule has 0 amide bonds. The van der Waals surface area contributed by atoms with Crippen molar-refractivity contribution in [2.24, 2.45) is 0 Å². The van der Waals surface area contributed by atoms with E-state index in [-0.39, 0.29) is 5.76 Å². The fourth-order valence-electron chi connectivity index (χ4n) is 4.18. The monoisotopic (exact) mass is 439 g/mol. The number of halogens is 4. The Morgan fingerprint density at radius 1 is 1.20 bits per heavy atom. The van der Waals surface area contributed by atoms with E-state index in [1.54, 1.807) is 32.0 Å². The van der Waals surface area contributed by atoms with Crippen LogP contribution < -0.4 is 4.74 Å². The van der Waals surface area contributed by atoms with Crippen LogP contribution in [0.15, 0.2) is 41.1 Å². The van der Waals surface area contributed by atoms with Gasteiger partial charge in [0.05, 0.1) is 12.8 Å². The molecule has 3 aromatic rings. The topological polar surface area (TPSA) is 55.5 Å². The van der Waals surface area contributed by atoms with Gasteiger partial charge in [0.25, 0.3) is 0 Å². The van der Waals surface area contributed by atoms with Crippen molar-refractivity contribution >= 4 is 22.6 Å². The van der Waals surface area contributed by atoms with Gasteiger partial charge in [0, 0.05) is 35.0 Å². The molecule has 1 N–H and O–H groups in total. The number of furan rings is 1. The molecule has 1 atom stereocenters. The van der Waals surface area contributed by atoms with Crippen LogP contribution in [0.25, 0.3) is 11.0 Å². The van der Waals surface area contributed by atoms with Crippen LogP contribution in [0.4, 0.5) is 13.2 Å². The number of rotatable bonds is 5. The lowest BCUT2D eigenvalue weighted by molar-refractivity contribution is -0.267. The summed E-state index contributed by atoms with van der Waals surface area (Å²) in [7, 11) is 0. The molecular formula is C22H21ClF3NO3. The third-order valence-electron chi connectivity index (χ3n) is 5.58. The van der Waals surface area contributed by atoms with E-state index in [0.717, 1.165) is 5.56 Å². The molecule has 1 aromatic carbocycles. The van der Waals surface area contributed by atoms with E-state index < -0.39 is 30.0 Å². The Hall–Kier alpha value is -2.25. The maximum atomic E-state index is 14.1. The minimum atomic E-state index is -4.87. The summed E-state index contributed by atoms with van der Waals surface area (Å²) >= 11 is 6.21. The van der Waals surface area contributed by atoms with Crippen molar-refractivity contribution in [3.8, 4) is 5.75 Å². The Balaban J connectivity index is 1.71. The summed E-state index contributed by atoms with van der Waals surface area (Å²) < 4.78 is 53.4. The first-order valence-corrected chi connectivity index (χ1v) is 9.94. The Kier molecular flexibility index (Phi) is 5.02. The Morgan fingerprint density at radius 2 is 1.97 bits per heavy atom. The second kappa shape index (κ2) is 7.17. The second-order valence-corrected chi connectivity index (χ2v) is 8.87. The van der Waals surface area contributed by atoms with E-state index in [4.69, 9.17) is 20.8 Å². The van der Waals surface area contributed by atoms with Gasteiger partial charge in [-0.15, -0.1) is 0 Å². The Bertz CT molecular complexity index is 1060. The minimum Gasteiger partial charge on any atom is -0.493 e. The normalized spacial score (nSPS) is 16.4. The highest BCUT2D eigenvalue weighted by Crippen LogP contribution is 2.47. The number of benzene rings is 1. The molecule has 0 bridgehead atoms. The third kappa shape index (κ3) is 3.76. The van der Waals surface area contributed by atoms with Crippen LogP contribution in [-0.2, 0) is 18.3 Å². The van der Waals surface area contributed by atoms with E-state index in [1.165, 1.54) is 18.5 Å². The van der Waals surface area contributed by atoms with Crippen molar-refractivity contribution in [2.75, 3.05) is 6.61 Å². The van der Waals surface area contributed by atoms with Crippen molar-refractivity contribution in [1.82, 2.24) is 4.98 Å². The lowest BCUT2D eigenvalue weighted by atomic mass is 9.73. The van der Waals surface area contributed by atoms with Crippen LogP contribution in [0.1, 0.15) is 37.2 Å².